The lowest BCUT2D eigenvalue weighted by Crippen LogP contribution is -2.28. The fraction of sp³-hybridized carbons (Fsp3) is 0.611. The van der Waals surface area contributed by atoms with Crippen molar-refractivity contribution in [3.63, 3.8) is 0 Å². The Kier molecular flexibility index (Phi) is 5.74. The summed E-state index contributed by atoms with van der Waals surface area (Å²) in [6.07, 6.45) is 8.36. The van der Waals surface area contributed by atoms with Gasteiger partial charge in [-0.2, -0.15) is 4.98 Å². The predicted molar refractivity (Wildman–Crippen MR) is 95.9 cm³/mol. The molecule has 2 aromatic rings. The number of aryl methyl sites for hydroxylation is 1. The van der Waals surface area contributed by atoms with E-state index >= 15 is 0 Å². The van der Waals surface area contributed by atoms with Gasteiger partial charge < -0.3 is 5.32 Å². The molecule has 0 spiro atoms. The van der Waals surface area contributed by atoms with Crippen LogP contribution >= 0.6 is 0 Å². The third-order valence-electron chi connectivity index (χ3n) is 4.75. The molecule has 0 saturated heterocycles. The molecule has 3 rings (SSSR count). The fourth-order valence-electron chi connectivity index (χ4n) is 3.40. The van der Waals surface area contributed by atoms with Gasteiger partial charge in [0.25, 0.3) is 5.56 Å². The van der Waals surface area contributed by atoms with E-state index in [1.807, 2.05) is 6.92 Å². The molecule has 2 heterocycles. The maximum Gasteiger partial charge on any atom is 0.252 e. The zero-order valence-corrected chi connectivity index (χ0v) is 13.4. The quantitative estimate of drug-likeness (QED) is 0.931. The van der Waals surface area contributed by atoms with Crippen molar-refractivity contribution in [3.8, 4) is 0 Å². The SMILES string of the molecule is C.CCn1c(=O)ccc2cnc(N[C@@H](C)C3CCCCC3)nc21. The second-order valence-corrected chi connectivity index (χ2v) is 6.22. The van der Waals surface area contributed by atoms with Crippen molar-refractivity contribution < 1.29 is 0 Å². The molecule has 126 valence electrons. The Balaban J connectivity index is 0.00000192. The molecule has 1 fully saturated rings. The summed E-state index contributed by atoms with van der Waals surface area (Å²) in [5, 5.41) is 4.34. The van der Waals surface area contributed by atoms with Gasteiger partial charge in [-0.25, -0.2) is 4.98 Å². The summed E-state index contributed by atoms with van der Waals surface area (Å²) in [5.41, 5.74) is 0.698. The number of nitrogens with zero attached hydrogens (tertiary/aromatic N) is 3. The van der Waals surface area contributed by atoms with Crippen LogP contribution in [0.15, 0.2) is 23.1 Å². The van der Waals surface area contributed by atoms with Crippen LogP contribution in [0.1, 0.15) is 53.4 Å². The van der Waals surface area contributed by atoms with Gasteiger partial charge in [0, 0.05) is 30.2 Å². The molecule has 1 N–H and O–H groups in total. The van der Waals surface area contributed by atoms with E-state index in [0.29, 0.717) is 30.1 Å². The molecule has 1 aliphatic carbocycles. The minimum Gasteiger partial charge on any atom is -0.351 e. The fourth-order valence-corrected chi connectivity index (χ4v) is 3.40. The molecule has 0 amide bonds. The first-order valence-electron chi connectivity index (χ1n) is 8.32. The molecule has 0 radical (unpaired) electrons. The number of pyridine rings is 1. The number of hydrogen-bond donors (Lipinski definition) is 1. The van der Waals surface area contributed by atoms with E-state index in [1.165, 1.54) is 32.1 Å². The second-order valence-electron chi connectivity index (χ2n) is 6.22. The van der Waals surface area contributed by atoms with Crippen LogP contribution in [0.3, 0.4) is 0 Å². The summed E-state index contributed by atoms with van der Waals surface area (Å²) in [6.45, 7) is 4.78. The first-order chi connectivity index (χ1) is 10.7. The lowest BCUT2D eigenvalue weighted by molar-refractivity contribution is 0.327. The van der Waals surface area contributed by atoms with Crippen LogP contribution < -0.4 is 10.9 Å². The first-order valence-corrected chi connectivity index (χ1v) is 8.32. The Labute approximate surface area is 138 Å². The van der Waals surface area contributed by atoms with Gasteiger partial charge in [-0.1, -0.05) is 26.7 Å². The van der Waals surface area contributed by atoms with Crippen LogP contribution in [-0.2, 0) is 6.54 Å². The van der Waals surface area contributed by atoms with Crippen LogP contribution in [0.4, 0.5) is 5.95 Å². The molecule has 2 aromatic heterocycles. The number of anilines is 1. The third kappa shape index (κ3) is 3.71. The third-order valence-corrected chi connectivity index (χ3v) is 4.75. The normalized spacial score (nSPS) is 16.8. The minimum atomic E-state index is -0.0139. The predicted octanol–water partition coefficient (Wildman–Crippen LogP) is 3.83. The largest absolute Gasteiger partial charge is 0.351 e. The van der Waals surface area contributed by atoms with Crippen LogP contribution in [-0.4, -0.2) is 20.6 Å². The summed E-state index contributed by atoms with van der Waals surface area (Å²) in [6, 6.07) is 3.73. The Morgan fingerprint density at radius 1 is 1.30 bits per heavy atom. The van der Waals surface area contributed by atoms with Crippen molar-refractivity contribution in [2.75, 3.05) is 5.32 Å². The molecule has 0 aromatic carbocycles. The topological polar surface area (TPSA) is 59.8 Å². The van der Waals surface area contributed by atoms with Crippen LogP contribution in [0.2, 0.25) is 0 Å². The van der Waals surface area contributed by atoms with Gasteiger partial charge in [0.05, 0.1) is 0 Å². The molecule has 1 saturated carbocycles. The van der Waals surface area contributed by atoms with E-state index in [2.05, 4.69) is 22.2 Å². The van der Waals surface area contributed by atoms with Gasteiger partial charge in [0.1, 0.15) is 5.65 Å². The number of aromatic nitrogens is 3. The van der Waals surface area contributed by atoms with Crippen molar-refractivity contribution in [1.82, 2.24) is 14.5 Å². The monoisotopic (exact) mass is 316 g/mol. The molecule has 0 unspecified atom stereocenters. The highest BCUT2D eigenvalue weighted by Crippen LogP contribution is 2.27. The Morgan fingerprint density at radius 3 is 2.74 bits per heavy atom. The molecule has 5 nitrogen and oxygen atoms in total. The lowest BCUT2D eigenvalue weighted by Gasteiger charge is -2.28. The maximum absolute atomic E-state index is 11.9. The Morgan fingerprint density at radius 2 is 2.04 bits per heavy atom. The van der Waals surface area contributed by atoms with Gasteiger partial charge in [0.15, 0.2) is 0 Å². The van der Waals surface area contributed by atoms with Gasteiger partial charge in [-0.15, -0.1) is 0 Å². The summed E-state index contributed by atoms with van der Waals surface area (Å²) in [5.74, 6) is 1.32. The average Bonchev–Trinajstić information content (AvgIpc) is 2.55. The number of hydrogen-bond acceptors (Lipinski definition) is 4. The van der Waals surface area contributed by atoms with Crippen molar-refractivity contribution in [1.29, 1.82) is 0 Å². The number of nitrogens with one attached hydrogen (secondary N) is 1. The highest BCUT2D eigenvalue weighted by atomic mass is 16.1. The van der Waals surface area contributed by atoms with Gasteiger partial charge >= 0.3 is 0 Å². The maximum atomic E-state index is 11.9. The van der Waals surface area contributed by atoms with Gasteiger partial charge in [0.2, 0.25) is 5.95 Å². The zero-order chi connectivity index (χ0) is 15.5. The summed E-state index contributed by atoms with van der Waals surface area (Å²) in [4.78, 5) is 20.9. The molecule has 1 atom stereocenters. The van der Waals surface area contributed by atoms with Gasteiger partial charge in [-0.05, 0) is 38.7 Å². The molecular formula is C18H28N4O. The van der Waals surface area contributed by atoms with Crippen molar-refractivity contribution in [2.24, 2.45) is 5.92 Å². The molecule has 0 bridgehead atoms. The van der Waals surface area contributed by atoms with E-state index in [1.54, 1.807) is 22.9 Å². The van der Waals surface area contributed by atoms with Crippen molar-refractivity contribution in [3.05, 3.63) is 28.7 Å². The number of fused-ring (bicyclic) bond motifs is 1. The highest BCUT2D eigenvalue weighted by Gasteiger charge is 2.20. The summed E-state index contributed by atoms with van der Waals surface area (Å²) >= 11 is 0. The van der Waals surface area contributed by atoms with Gasteiger partial charge in [-0.3, -0.25) is 9.36 Å². The zero-order valence-electron chi connectivity index (χ0n) is 13.4. The van der Waals surface area contributed by atoms with Crippen molar-refractivity contribution >= 4 is 17.0 Å². The number of rotatable bonds is 4. The molecular weight excluding hydrogens is 288 g/mol. The Hall–Kier alpha value is -1.91. The molecule has 1 aliphatic rings. The highest BCUT2D eigenvalue weighted by molar-refractivity contribution is 5.75. The van der Waals surface area contributed by atoms with Crippen LogP contribution in [0.25, 0.3) is 11.0 Å². The lowest BCUT2D eigenvalue weighted by atomic mass is 9.85. The smallest absolute Gasteiger partial charge is 0.252 e. The van der Waals surface area contributed by atoms with Crippen LogP contribution in [0.5, 0.6) is 0 Å². The molecule has 5 heteroatoms. The Bertz CT molecular complexity index is 704. The summed E-state index contributed by atoms with van der Waals surface area (Å²) < 4.78 is 1.69. The standard InChI is InChI=1S/C17H24N4O.CH4/c1-3-21-15(22)10-9-14-11-18-17(20-16(14)21)19-12(2)13-7-5-4-6-8-13;/h9-13H,3-8H2,1-2H3,(H,18,19,20);1H4/t12-;/m0./s1. The second kappa shape index (κ2) is 7.57. The van der Waals surface area contributed by atoms with E-state index in [0.717, 1.165) is 5.39 Å². The molecule has 0 aliphatic heterocycles. The van der Waals surface area contributed by atoms with E-state index in [9.17, 15) is 4.79 Å². The first kappa shape index (κ1) is 17.4. The molecule has 23 heavy (non-hydrogen) atoms. The van der Waals surface area contributed by atoms with Crippen molar-refractivity contribution in [2.45, 2.75) is 66.0 Å². The van der Waals surface area contributed by atoms with E-state index < -0.39 is 0 Å². The average molecular weight is 316 g/mol. The van der Waals surface area contributed by atoms with Crippen LogP contribution in [0, 0.1) is 5.92 Å². The summed E-state index contributed by atoms with van der Waals surface area (Å²) in [7, 11) is 0. The minimum absolute atomic E-state index is 0. The van der Waals surface area contributed by atoms with E-state index in [4.69, 9.17) is 0 Å². The van der Waals surface area contributed by atoms with E-state index in [-0.39, 0.29) is 13.0 Å².